The fourth-order valence-electron chi connectivity index (χ4n) is 2.29. The molecule has 3 N–H and O–H groups in total. The molecule has 1 unspecified atom stereocenters. The molecular weight excluding hydrogens is 268 g/mol. The molecule has 6 nitrogen and oxygen atoms in total. The number of H-pyrrole nitrogens is 1. The van der Waals surface area contributed by atoms with Gasteiger partial charge in [0.15, 0.2) is 0 Å². The van der Waals surface area contributed by atoms with Crippen molar-refractivity contribution < 1.29 is 18.3 Å². The van der Waals surface area contributed by atoms with E-state index < -0.39 is 10.0 Å². The first-order valence-electron chi connectivity index (χ1n) is 6.27. The summed E-state index contributed by atoms with van der Waals surface area (Å²) in [6.45, 7) is 4.25. The summed E-state index contributed by atoms with van der Waals surface area (Å²) in [6, 6.07) is 1.31. The van der Waals surface area contributed by atoms with Crippen molar-refractivity contribution in [2.75, 3.05) is 6.61 Å². The first-order valence-corrected chi connectivity index (χ1v) is 7.75. The van der Waals surface area contributed by atoms with Crippen LogP contribution in [0.3, 0.4) is 0 Å². The number of hydrogen-bond acceptors (Lipinski definition) is 4. The highest BCUT2D eigenvalue weighted by Gasteiger charge is 2.31. The highest BCUT2D eigenvalue weighted by atomic mass is 32.2. The number of sulfonamides is 1. The Bertz CT molecular complexity index is 536. The molecule has 1 aromatic rings. The molecule has 7 heteroatoms. The van der Waals surface area contributed by atoms with Gasteiger partial charge < -0.3 is 14.8 Å². The molecule has 0 aromatic carbocycles. The van der Waals surface area contributed by atoms with E-state index in [1.54, 1.807) is 0 Å². The number of aliphatic hydroxyl groups is 1. The van der Waals surface area contributed by atoms with Crippen molar-refractivity contribution in [1.29, 1.82) is 0 Å². The Labute approximate surface area is 113 Å². The molecule has 1 atom stereocenters. The van der Waals surface area contributed by atoms with Gasteiger partial charge in [-0.3, -0.25) is 0 Å². The Morgan fingerprint density at radius 2 is 2.32 bits per heavy atom. The largest absolute Gasteiger partial charge is 0.390 e. The van der Waals surface area contributed by atoms with E-state index in [1.807, 2.05) is 13.8 Å². The zero-order valence-electron chi connectivity index (χ0n) is 11.1. The summed E-state index contributed by atoms with van der Waals surface area (Å²) in [4.78, 5) is 2.87. The zero-order chi connectivity index (χ0) is 14.1. The summed E-state index contributed by atoms with van der Waals surface area (Å²) in [5.74, 6) is 0. The van der Waals surface area contributed by atoms with Gasteiger partial charge in [-0.1, -0.05) is 0 Å². The van der Waals surface area contributed by atoms with Crippen molar-refractivity contribution in [3.63, 3.8) is 0 Å². The lowest BCUT2D eigenvalue weighted by Gasteiger charge is -2.35. The lowest BCUT2D eigenvalue weighted by atomic mass is 9.95. The predicted molar refractivity (Wildman–Crippen MR) is 70.1 cm³/mol. The molecule has 2 heterocycles. The Balaban J connectivity index is 2.09. The van der Waals surface area contributed by atoms with Gasteiger partial charge in [-0.2, -0.15) is 0 Å². The fourth-order valence-corrected chi connectivity index (χ4v) is 3.57. The summed E-state index contributed by atoms with van der Waals surface area (Å²) < 4.78 is 32.6. The van der Waals surface area contributed by atoms with Gasteiger partial charge in [0.2, 0.25) is 10.0 Å². The summed E-state index contributed by atoms with van der Waals surface area (Å²) in [5.41, 5.74) is 0.174. The van der Waals surface area contributed by atoms with Gasteiger partial charge in [-0.05, 0) is 32.8 Å². The van der Waals surface area contributed by atoms with Crippen LogP contribution in [0.4, 0.5) is 0 Å². The number of aromatic amines is 1. The highest BCUT2D eigenvalue weighted by Crippen LogP contribution is 2.25. The third-order valence-corrected chi connectivity index (χ3v) is 4.72. The summed E-state index contributed by atoms with van der Waals surface area (Å²) >= 11 is 0. The molecule has 0 radical (unpaired) electrons. The quantitative estimate of drug-likeness (QED) is 0.762. The molecule has 2 rings (SSSR count). The third-order valence-electron chi connectivity index (χ3n) is 3.22. The van der Waals surface area contributed by atoms with Gasteiger partial charge in [0.25, 0.3) is 0 Å². The first-order chi connectivity index (χ1) is 8.82. The van der Waals surface area contributed by atoms with Crippen molar-refractivity contribution in [1.82, 2.24) is 9.71 Å². The number of ether oxygens (including phenoxy) is 1. The molecule has 1 aliphatic rings. The van der Waals surface area contributed by atoms with E-state index in [4.69, 9.17) is 9.84 Å². The number of nitrogens with one attached hydrogen (secondary N) is 2. The molecule has 0 spiro atoms. The van der Waals surface area contributed by atoms with Gasteiger partial charge in [0, 0.05) is 24.5 Å². The average Bonchev–Trinajstić information content (AvgIpc) is 2.76. The standard InChI is InChI=1S/C12H20N2O4S/c1-12(2)6-9(3-4-18-12)14-19(16,17)11-5-10(8-15)13-7-11/h5,7,9,13-15H,3-4,6,8H2,1-2H3. The van der Waals surface area contributed by atoms with E-state index in [1.165, 1.54) is 12.3 Å². The van der Waals surface area contributed by atoms with Crippen LogP contribution < -0.4 is 4.72 Å². The number of aliphatic hydroxyl groups excluding tert-OH is 1. The second kappa shape index (κ2) is 5.24. The Hall–Kier alpha value is -0.890. The molecule has 1 aromatic heterocycles. The smallest absolute Gasteiger partial charge is 0.242 e. The molecule has 1 saturated heterocycles. The lowest BCUT2D eigenvalue weighted by Crippen LogP contribution is -2.45. The molecular formula is C12H20N2O4S. The molecule has 0 bridgehead atoms. The Kier molecular flexibility index (Phi) is 4.00. The van der Waals surface area contributed by atoms with Crippen molar-refractivity contribution in [2.24, 2.45) is 0 Å². The molecule has 19 heavy (non-hydrogen) atoms. The minimum atomic E-state index is -3.55. The zero-order valence-corrected chi connectivity index (χ0v) is 12.0. The van der Waals surface area contributed by atoms with Gasteiger partial charge in [-0.15, -0.1) is 0 Å². The van der Waals surface area contributed by atoms with Crippen LogP contribution in [0.25, 0.3) is 0 Å². The highest BCUT2D eigenvalue weighted by molar-refractivity contribution is 7.89. The van der Waals surface area contributed by atoms with Crippen molar-refractivity contribution >= 4 is 10.0 Å². The summed E-state index contributed by atoms with van der Waals surface area (Å²) in [6.07, 6.45) is 2.70. The SMILES string of the molecule is CC1(C)CC(NS(=O)(=O)c2c[nH]c(CO)c2)CCO1. The molecule has 1 aliphatic heterocycles. The third kappa shape index (κ3) is 3.56. The predicted octanol–water partition coefficient (Wildman–Crippen LogP) is 0.743. The number of rotatable bonds is 4. The topological polar surface area (TPSA) is 91.4 Å². The van der Waals surface area contributed by atoms with Crippen LogP contribution in [0.1, 0.15) is 32.4 Å². The second-order valence-electron chi connectivity index (χ2n) is 5.44. The maximum Gasteiger partial charge on any atom is 0.242 e. The van der Waals surface area contributed by atoms with Crippen LogP contribution in [0.5, 0.6) is 0 Å². The van der Waals surface area contributed by atoms with Crippen molar-refractivity contribution in [3.8, 4) is 0 Å². The average molecular weight is 288 g/mol. The van der Waals surface area contributed by atoms with Crippen LogP contribution in [0.15, 0.2) is 17.2 Å². The van der Waals surface area contributed by atoms with E-state index >= 15 is 0 Å². The minimum Gasteiger partial charge on any atom is -0.390 e. The number of hydrogen-bond donors (Lipinski definition) is 3. The lowest BCUT2D eigenvalue weighted by molar-refractivity contribution is -0.0599. The van der Waals surface area contributed by atoms with Crippen molar-refractivity contribution in [2.45, 2.75) is 49.8 Å². The van der Waals surface area contributed by atoms with Gasteiger partial charge in [0.1, 0.15) is 0 Å². The van der Waals surface area contributed by atoms with E-state index in [2.05, 4.69) is 9.71 Å². The minimum absolute atomic E-state index is 0.124. The fraction of sp³-hybridized carbons (Fsp3) is 0.667. The van der Waals surface area contributed by atoms with Gasteiger partial charge in [0.05, 0.1) is 17.1 Å². The molecule has 0 amide bonds. The molecule has 0 saturated carbocycles. The van der Waals surface area contributed by atoms with E-state index in [0.29, 0.717) is 25.1 Å². The molecule has 0 aliphatic carbocycles. The second-order valence-corrected chi connectivity index (χ2v) is 7.15. The van der Waals surface area contributed by atoms with Crippen LogP contribution in [0.2, 0.25) is 0 Å². The maximum atomic E-state index is 12.2. The summed E-state index contributed by atoms with van der Waals surface area (Å²) in [7, 11) is -3.55. The normalized spacial score (nSPS) is 23.4. The maximum absolute atomic E-state index is 12.2. The van der Waals surface area contributed by atoms with Crippen LogP contribution in [-0.4, -0.2) is 36.8 Å². The first kappa shape index (κ1) is 14.5. The van der Waals surface area contributed by atoms with Gasteiger partial charge in [-0.25, -0.2) is 13.1 Å². The van der Waals surface area contributed by atoms with Crippen LogP contribution in [0, 0.1) is 0 Å². The number of aromatic nitrogens is 1. The molecule has 1 fully saturated rings. The summed E-state index contributed by atoms with van der Waals surface area (Å²) in [5, 5.41) is 8.94. The van der Waals surface area contributed by atoms with E-state index in [-0.39, 0.29) is 23.1 Å². The van der Waals surface area contributed by atoms with E-state index in [9.17, 15) is 8.42 Å². The Morgan fingerprint density at radius 1 is 1.58 bits per heavy atom. The van der Waals surface area contributed by atoms with E-state index in [0.717, 1.165) is 0 Å². The van der Waals surface area contributed by atoms with Crippen LogP contribution >= 0.6 is 0 Å². The van der Waals surface area contributed by atoms with Crippen LogP contribution in [-0.2, 0) is 21.4 Å². The van der Waals surface area contributed by atoms with Crippen molar-refractivity contribution in [3.05, 3.63) is 18.0 Å². The Morgan fingerprint density at radius 3 is 2.89 bits per heavy atom. The van der Waals surface area contributed by atoms with Gasteiger partial charge >= 0.3 is 0 Å². The molecule has 108 valence electrons. The monoisotopic (exact) mass is 288 g/mol.